The first kappa shape index (κ1) is 17.3. The summed E-state index contributed by atoms with van der Waals surface area (Å²) in [5, 5.41) is 11.1. The Bertz CT molecular complexity index is 524. The van der Waals surface area contributed by atoms with E-state index in [4.69, 9.17) is 16.3 Å². The molecule has 116 valence electrons. The average Bonchev–Trinajstić information content (AvgIpc) is 2.46. The van der Waals surface area contributed by atoms with Crippen molar-refractivity contribution < 1.29 is 14.5 Å². The molecule has 0 fully saturated rings. The van der Waals surface area contributed by atoms with Gasteiger partial charge in [-0.15, -0.1) is 0 Å². The van der Waals surface area contributed by atoms with Crippen LogP contribution in [0.25, 0.3) is 0 Å². The number of carbonyl (C=O) groups excluding carboxylic acids is 1. The number of hydrogen-bond donors (Lipinski definition) is 0. The highest BCUT2D eigenvalue weighted by Gasteiger charge is 2.27. The molecule has 1 atom stereocenters. The summed E-state index contributed by atoms with van der Waals surface area (Å²) in [6.45, 7) is 4.51. The molecule has 1 aromatic rings. The van der Waals surface area contributed by atoms with Gasteiger partial charge in [0.25, 0.3) is 11.6 Å². The second kappa shape index (κ2) is 7.90. The molecule has 0 bridgehead atoms. The third-order valence-electron chi connectivity index (χ3n) is 3.20. The molecule has 0 aliphatic heterocycles. The van der Waals surface area contributed by atoms with Crippen LogP contribution < -0.4 is 0 Å². The molecule has 1 aromatic heterocycles. The summed E-state index contributed by atoms with van der Waals surface area (Å²) in [5.41, 5.74) is -0.411. The summed E-state index contributed by atoms with van der Waals surface area (Å²) < 4.78 is 4.99. The zero-order chi connectivity index (χ0) is 16.0. The van der Waals surface area contributed by atoms with E-state index in [2.05, 4.69) is 4.98 Å². The van der Waals surface area contributed by atoms with E-state index < -0.39 is 10.8 Å². The third kappa shape index (κ3) is 4.37. The van der Waals surface area contributed by atoms with Crippen molar-refractivity contribution in [3.8, 4) is 0 Å². The molecular formula is C13H18ClN3O4. The molecule has 7 nitrogen and oxygen atoms in total. The van der Waals surface area contributed by atoms with Crippen molar-refractivity contribution in [2.24, 2.45) is 0 Å². The van der Waals surface area contributed by atoms with Gasteiger partial charge < -0.3 is 9.64 Å². The SMILES string of the molecule is CCC(C)N(CCOC)C(=O)c1cc(Cl)ncc1[N+](=O)[O-]. The first-order valence-electron chi connectivity index (χ1n) is 6.52. The van der Waals surface area contributed by atoms with Gasteiger partial charge in [0.2, 0.25) is 0 Å². The fraction of sp³-hybridized carbons (Fsp3) is 0.538. The molecule has 0 radical (unpaired) electrons. The van der Waals surface area contributed by atoms with Gasteiger partial charge in [0.15, 0.2) is 0 Å². The van der Waals surface area contributed by atoms with E-state index >= 15 is 0 Å². The van der Waals surface area contributed by atoms with Crippen LogP contribution in [0.2, 0.25) is 5.15 Å². The summed E-state index contributed by atoms with van der Waals surface area (Å²) >= 11 is 5.76. The lowest BCUT2D eigenvalue weighted by molar-refractivity contribution is -0.385. The van der Waals surface area contributed by atoms with E-state index in [-0.39, 0.29) is 22.4 Å². The first-order chi connectivity index (χ1) is 9.92. The molecule has 21 heavy (non-hydrogen) atoms. The minimum absolute atomic E-state index is 0.0415. The van der Waals surface area contributed by atoms with Gasteiger partial charge in [-0.25, -0.2) is 4.98 Å². The Balaban J connectivity index is 3.18. The number of nitro groups is 1. The van der Waals surface area contributed by atoms with Crippen LogP contribution in [0.3, 0.4) is 0 Å². The monoisotopic (exact) mass is 315 g/mol. The minimum Gasteiger partial charge on any atom is -0.383 e. The summed E-state index contributed by atoms with van der Waals surface area (Å²) in [4.78, 5) is 28.2. The predicted molar refractivity (Wildman–Crippen MR) is 78.6 cm³/mol. The number of hydrogen-bond acceptors (Lipinski definition) is 5. The number of pyridine rings is 1. The van der Waals surface area contributed by atoms with Crippen LogP contribution in [0.1, 0.15) is 30.6 Å². The van der Waals surface area contributed by atoms with Crippen molar-refractivity contribution in [2.75, 3.05) is 20.3 Å². The van der Waals surface area contributed by atoms with Crippen molar-refractivity contribution >= 4 is 23.2 Å². The van der Waals surface area contributed by atoms with Gasteiger partial charge in [0, 0.05) is 19.7 Å². The highest BCUT2D eigenvalue weighted by atomic mass is 35.5. The lowest BCUT2D eigenvalue weighted by Crippen LogP contribution is -2.40. The summed E-state index contributed by atoms with van der Waals surface area (Å²) in [6, 6.07) is 1.16. The zero-order valence-corrected chi connectivity index (χ0v) is 13.0. The van der Waals surface area contributed by atoms with Crippen LogP contribution in [-0.4, -0.2) is 47.0 Å². The molecular weight excluding hydrogens is 298 g/mol. The number of halogens is 1. The van der Waals surface area contributed by atoms with Gasteiger partial charge in [0.05, 0.1) is 11.5 Å². The standard InChI is InChI=1S/C13H18ClN3O4/c1-4-9(2)16(5-6-21-3)13(18)10-7-12(14)15-8-11(10)17(19)20/h7-9H,4-6H2,1-3H3. The fourth-order valence-corrected chi connectivity index (χ4v) is 1.98. The molecule has 1 rings (SSSR count). The molecule has 0 spiro atoms. The number of aromatic nitrogens is 1. The van der Waals surface area contributed by atoms with E-state index in [1.165, 1.54) is 13.2 Å². The Morgan fingerprint density at radius 2 is 2.29 bits per heavy atom. The zero-order valence-electron chi connectivity index (χ0n) is 12.2. The Morgan fingerprint density at radius 1 is 1.62 bits per heavy atom. The number of amides is 1. The molecule has 0 aliphatic rings. The van der Waals surface area contributed by atoms with Crippen molar-refractivity contribution in [1.29, 1.82) is 0 Å². The number of carbonyl (C=O) groups is 1. The van der Waals surface area contributed by atoms with Crippen molar-refractivity contribution in [1.82, 2.24) is 9.88 Å². The van der Waals surface area contributed by atoms with Crippen LogP contribution in [0.4, 0.5) is 5.69 Å². The number of methoxy groups -OCH3 is 1. The van der Waals surface area contributed by atoms with Crippen molar-refractivity contribution in [3.63, 3.8) is 0 Å². The predicted octanol–water partition coefficient (Wildman–Crippen LogP) is 2.53. The Labute approximate surface area is 128 Å². The quantitative estimate of drug-likeness (QED) is 0.438. The number of nitrogens with zero attached hydrogens (tertiary/aromatic N) is 3. The second-order valence-electron chi connectivity index (χ2n) is 4.53. The Hall–Kier alpha value is -1.73. The summed E-state index contributed by atoms with van der Waals surface area (Å²) in [7, 11) is 1.53. The lowest BCUT2D eigenvalue weighted by atomic mass is 10.1. The van der Waals surface area contributed by atoms with Gasteiger partial charge in [0.1, 0.15) is 16.9 Å². The third-order valence-corrected chi connectivity index (χ3v) is 3.40. The second-order valence-corrected chi connectivity index (χ2v) is 4.92. The molecule has 1 unspecified atom stereocenters. The highest BCUT2D eigenvalue weighted by Crippen LogP contribution is 2.23. The normalized spacial score (nSPS) is 12.0. The van der Waals surface area contributed by atoms with Gasteiger partial charge in [-0.3, -0.25) is 14.9 Å². The van der Waals surface area contributed by atoms with E-state index in [1.54, 1.807) is 4.90 Å². The molecule has 0 saturated heterocycles. The van der Waals surface area contributed by atoms with E-state index in [1.807, 2.05) is 13.8 Å². The molecule has 0 aliphatic carbocycles. The van der Waals surface area contributed by atoms with Crippen molar-refractivity contribution in [2.45, 2.75) is 26.3 Å². The average molecular weight is 316 g/mol. The smallest absolute Gasteiger partial charge is 0.300 e. The maximum Gasteiger partial charge on any atom is 0.300 e. The fourth-order valence-electron chi connectivity index (χ4n) is 1.83. The van der Waals surface area contributed by atoms with Crippen LogP contribution in [0.15, 0.2) is 12.3 Å². The highest BCUT2D eigenvalue weighted by molar-refractivity contribution is 6.29. The van der Waals surface area contributed by atoms with Crippen LogP contribution in [0, 0.1) is 10.1 Å². The van der Waals surface area contributed by atoms with Gasteiger partial charge in [-0.05, 0) is 19.4 Å². The van der Waals surface area contributed by atoms with Crippen LogP contribution in [-0.2, 0) is 4.74 Å². The van der Waals surface area contributed by atoms with Crippen LogP contribution >= 0.6 is 11.6 Å². The Morgan fingerprint density at radius 3 is 2.81 bits per heavy atom. The lowest BCUT2D eigenvalue weighted by Gasteiger charge is -2.28. The first-order valence-corrected chi connectivity index (χ1v) is 6.90. The molecule has 0 aromatic carbocycles. The topological polar surface area (TPSA) is 85.6 Å². The Kier molecular flexibility index (Phi) is 6.51. The molecule has 1 heterocycles. The maximum atomic E-state index is 12.6. The van der Waals surface area contributed by atoms with Gasteiger partial charge >= 0.3 is 0 Å². The van der Waals surface area contributed by atoms with Gasteiger partial charge in [-0.1, -0.05) is 18.5 Å². The summed E-state index contributed by atoms with van der Waals surface area (Å²) in [6.07, 6.45) is 1.72. The molecule has 0 saturated carbocycles. The summed E-state index contributed by atoms with van der Waals surface area (Å²) in [5.74, 6) is -0.447. The van der Waals surface area contributed by atoms with Crippen molar-refractivity contribution in [3.05, 3.63) is 33.1 Å². The van der Waals surface area contributed by atoms with E-state index in [0.29, 0.717) is 13.2 Å². The maximum absolute atomic E-state index is 12.6. The number of ether oxygens (including phenoxy) is 1. The number of rotatable bonds is 7. The van der Waals surface area contributed by atoms with Crippen LogP contribution in [0.5, 0.6) is 0 Å². The molecule has 8 heteroatoms. The largest absolute Gasteiger partial charge is 0.383 e. The molecule has 0 N–H and O–H groups in total. The molecule has 1 amide bonds. The van der Waals surface area contributed by atoms with E-state index in [0.717, 1.165) is 12.6 Å². The minimum atomic E-state index is -0.637. The van der Waals surface area contributed by atoms with Gasteiger partial charge in [-0.2, -0.15) is 0 Å². The van der Waals surface area contributed by atoms with E-state index in [9.17, 15) is 14.9 Å².